The van der Waals surface area contributed by atoms with E-state index in [0.717, 1.165) is 19.3 Å². The topological polar surface area (TPSA) is 82.1 Å². The van der Waals surface area contributed by atoms with Crippen molar-refractivity contribution in [2.24, 2.45) is 0 Å². The van der Waals surface area contributed by atoms with E-state index in [1.54, 1.807) is 19.1 Å². The van der Waals surface area contributed by atoms with Crippen LogP contribution < -0.4 is 4.74 Å². The summed E-state index contributed by atoms with van der Waals surface area (Å²) in [7, 11) is 0. The van der Waals surface area contributed by atoms with Crippen LogP contribution in [0.2, 0.25) is 0 Å². The summed E-state index contributed by atoms with van der Waals surface area (Å²) in [5.74, 6) is -2.25. The molecule has 1 heterocycles. The van der Waals surface area contributed by atoms with Crippen LogP contribution in [0.4, 0.5) is 0 Å². The van der Waals surface area contributed by atoms with Gasteiger partial charge in [-0.1, -0.05) is 6.42 Å². The highest BCUT2D eigenvalue weighted by Gasteiger charge is 2.46. The summed E-state index contributed by atoms with van der Waals surface area (Å²) in [6, 6.07) is 3.12. The van der Waals surface area contributed by atoms with E-state index in [1.165, 1.54) is 6.08 Å². The van der Waals surface area contributed by atoms with Gasteiger partial charge in [-0.25, -0.2) is 9.59 Å². The van der Waals surface area contributed by atoms with Gasteiger partial charge in [-0.05, 0) is 59.5 Å². The molecule has 25 heavy (non-hydrogen) atoms. The van der Waals surface area contributed by atoms with E-state index < -0.39 is 17.7 Å². The Morgan fingerprint density at radius 2 is 1.84 bits per heavy atom. The molecule has 0 atom stereocenters. The lowest BCUT2D eigenvalue weighted by Gasteiger charge is -2.38. The van der Waals surface area contributed by atoms with Crippen molar-refractivity contribution < 1.29 is 28.9 Å². The number of carbonyl (C=O) groups is 2. The van der Waals surface area contributed by atoms with E-state index >= 15 is 0 Å². The van der Waals surface area contributed by atoms with Crippen LogP contribution >= 0.6 is 15.9 Å². The first-order valence-corrected chi connectivity index (χ1v) is 9.07. The van der Waals surface area contributed by atoms with Crippen LogP contribution in [0.5, 0.6) is 11.5 Å². The zero-order chi connectivity index (χ0) is 18.0. The second kappa shape index (κ2) is 7.07. The normalized spacial score (nSPS) is 19.4. The Hall–Kier alpha value is -2.02. The minimum atomic E-state index is -1.10. The van der Waals surface area contributed by atoms with Crippen LogP contribution in [-0.2, 0) is 19.1 Å². The maximum atomic E-state index is 12.4. The maximum absolute atomic E-state index is 12.4. The second-order valence-electron chi connectivity index (χ2n) is 6.09. The number of hydrogen-bond donors (Lipinski definition) is 1. The van der Waals surface area contributed by atoms with Crippen LogP contribution in [0.3, 0.4) is 0 Å². The summed E-state index contributed by atoms with van der Waals surface area (Å²) in [5, 5.41) is 9.95. The summed E-state index contributed by atoms with van der Waals surface area (Å²) < 4.78 is 16.7. The second-order valence-corrected chi connectivity index (χ2v) is 6.95. The molecule has 0 amide bonds. The number of benzene rings is 1. The molecule has 2 fully saturated rings. The first kappa shape index (κ1) is 17.8. The van der Waals surface area contributed by atoms with Crippen LogP contribution in [-0.4, -0.2) is 29.4 Å². The first-order chi connectivity index (χ1) is 11.9. The van der Waals surface area contributed by atoms with E-state index in [2.05, 4.69) is 15.9 Å². The third-order valence-corrected chi connectivity index (χ3v) is 4.88. The average molecular weight is 411 g/mol. The molecule has 1 aliphatic heterocycles. The van der Waals surface area contributed by atoms with Crippen LogP contribution in [0.1, 0.15) is 44.6 Å². The fourth-order valence-corrected chi connectivity index (χ4v) is 3.53. The zero-order valence-electron chi connectivity index (χ0n) is 13.8. The monoisotopic (exact) mass is 410 g/mol. The summed E-state index contributed by atoms with van der Waals surface area (Å²) >= 11 is 3.23. The van der Waals surface area contributed by atoms with Gasteiger partial charge in [0.25, 0.3) is 5.79 Å². The van der Waals surface area contributed by atoms with Crippen molar-refractivity contribution in [2.45, 2.75) is 44.8 Å². The van der Waals surface area contributed by atoms with Crippen molar-refractivity contribution in [3.8, 4) is 11.5 Å². The Morgan fingerprint density at radius 3 is 2.44 bits per heavy atom. The van der Waals surface area contributed by atoms with Crippen LogP contribution in [0.25, 0.3) is 6.08 Å². The van der Waals surface area contributed by atoms with Crippen molar-refractivity contribution in [1.29, 1.82) is 0 Å². The standard InChI is InChI=1S/C18H19BrO6/c1-2-23-14-10-11(9-13(19)15(14)20)8-12-16(21)24-18(25-17(12)22)6-4-3-5-7-18/h8-10,20H,2-7H2,1H3. The number of halogens is 1. The van der Waals surface area contributed by atoms with E-state index in [4.69, 9.17) is 14.2 Å². The number of esters is 2. The molecule has 1 aliphatic carbocycles. The Balaban J connectivity index is 1.89. The predicted octanol–water partition coefficient (Wildman–Crippen LogP) is 3.70. The molecule has 1 saturated heterocycles. The first-order valence-electron chi connectivity index (χ1n) is 8.28. The molecule has 1 aromatic carbocycles. The molecule has 7 heteroatoms. The van der Waals surface area contributed by atoms with E-state index in [1.807, 2.05) is 0 Å². The van der Waals surface area contributed by atoms with Gasteiger partial charge in [-0.15, -0.1) is 0 Å². The lowest BCUT2D eigenvalue weighted by Crippen LogP contribution is -2.47. The summed E-state index contributed by atoms with van der Waals surface area (Å²) in [6.45, 7) is 2.16. The Morgan fingerprint density at radius 1 is 1.20 bits per heavy atom. The molecule has 1 saturated carbocycles. The quantitative estimate of drug-likeness (QED) is 0.464. The van der Waals surface area contributed by atoms with Gasteiger partial charge >= 0.3 is 11.9 Å². The Kier molecular flexibility index (Phi) is 5.03. The number of hydrogen-bond acceptors (Lipinski definition) is 6. The van der Waals surface area contributed by atoms with Crippen LogP contribution in [0, 0.1) is 0 Å². The highest BCUT2D eigenvalue weighted by atomic mass is 79.9. The lowest BCUT2D eigenvalue weighted by atomic mass is 9.93. The number of ether oxygens (including phenoxy) is 3. The third-order valence-electron chi connectivity index (χ3n) is 4.27. The van der Waals surface area contributed by atoms with Gasteiger partial charge in [0, 0.05) is 12.8 Å². The van der Waals surface area contributed by atoms with Gasteiger partial charge in [0.2, 0.25) is 0 Å². The molecule has 6 nitrogen and oxygen atoms in total. The van der Waals surface area contributed by atoms with Crippen molar-refractivity contribution in [2.75, 3.05) is 6.61 Å². The largest absolute Gasteiger partial charge is 0.503 e. The number of carbonyl (C=O) groups excluding carboxylic acids is 2. The number of phenolic OH excluding ortho intramolecular Hbond substituents is 1. The number of aromatic hydroxyl groups is 1. The molecule has 1 N–H and O–H groups in total. The van der Waals surface area contributed by atoms with Crippen molar-refractivity contribution in [3.05, 3.63) is 27.7 Å². The smallest absolute Gasteiger partial charge is 0.348 e. The Bertz CT molecular complexity index is 711. The van der Waals surface area contributed by atoms with Crippen molar-refractivity contribution >= 4 is 33.9 Å². The third kappa shape index (κ3) is 3.66. The predicted molar refractivity (Wildman–Crippen MR) is 93.0 cm³/mol. The van der Waals surface area contributed by atoms with Gasteiger partial charge in [-0.3, -0.25) is 0 Å². The number of rotatable bonds is 3. The molecular weight excluding hydrogens is 392 g/mol. The van der Waals surface area contributed by atoms with Gasteiger partial charge < -0.3 is 19.3 Å². The van der Waals surface area contributed by atoms with Gasteiger partial charge in [0.15, 0.2) is 11.5 Å². The highest BCUT2D eigenvalue weighted by molar-refractivity contribution is 9.10. The highest BCUT2D eigenvalue weighted by Crippen LogP contribution is 2.39. The molecule has 0 aromatic heterocycles. The van der Waals surface area contributed by atoms with Gasteiger partial charge in [0.05, 0.1) is 11.1 Å². The molecular formula is C18H19BrO6. The fraction of sp³-hybridized carbons (Fsp3) is 0.444. The molecule has 0 bridgehead atoms. The minimum Gasteiger partial charge on any atom is -0.503 e. The molecule has 1 aromatic rings. The zero-order valence-corrected chi connectivity index (χ0v) is 15.4. The summed E-state index contributed by atoms with van der Waals surface area (Å²) in [5.41, 5.74) is 0.341. The van der Waals surface area contributed by atoms with Gasteiger partial charge in [0.1, 0.15) is 5.57 Å². The molecule has 0 unspecified atom stereocenters. The van der Waals surface area contributed by atoms with E-state index in [-0.39, 0.29) is 17.1 Å². The molecule has 0 radical (unpaired) electrons. The average Bonchev–Trinajstić information content (AvgIpc) is 2.56. The lowest BCUT2D eigenvalue weighted by molar-refractivity contribution is -0.244. The molecule has 134 valence electrons. The molecule has 1 spiro atoms. The summed E-state index contributed by atoms with van der Waals surface area (Å²) in [6.07, 6.45) is 5.23. The van der Waals surface area contributed by atoms with E-state index in [9.17, 15) is 14.7 Å². The van der Waals surface area contributed by atoms with Crippen LogP contribution in [0.15, 0.2) is 22.2 Å². The minimum absolute atomic E-state index is 0.0426. The van der Waals surface area contributed by atoms with Crippen molar-refractivity contribution in [3.63, 3.8) is 0 Å². The SMILES string of the molecule is CCOc1cc(C=C2C(=O)OC3(CCCCC3)OC2=O)cc(Br)c1O. The summed E-state index contributed by atoms with van der Waals surface area (Å²) in [4.78, 5) is 24.7. The van der Waals surface area contributed by atoms with Gasteiger partial charge in [-0.2, -0.15) is 0 Å². The van der Waals surface area contributed by atoms with Crippen molar-refractivity contribution in [1.82, 2.24) is 0 Å². The number of phenols is 1. The molecule has 3 rings (SSSR count). The molecule has 2 aliphatic rings. The fourth-order valence-electron chi connectivity index (χ4n) is 3.07. The van der Waals surface area contributed by atoms with E-state index in [0.29, 0.717) is 29.5 Å². The maximum Gasteiger partial charge on any atom is 0.348 e. The Labute approximate surface area is 153 Å².